The normalized spacial score (nSPS) is 15.6. The number of halogens is 1. The zero-order valence-electron chi connectivity index (χ0n) is 15.7. The molecule has 1 aliphatic rings. The molecule has 1 aromatic heterocycles. The van der Waals surface area contributed by atoms with Crippen LogP contribution < -0.4 is 5.32 Å². The van der Waals surface area contributed by atoms with E-state index in [0.717, 1.165) is 22.1 Å². The molecule has 0 saturated carbocycles. The number of nitrogens with one attached hydrogen (secondary N) is 1. The minimum Gasteiger partial charge on any atom is -0.508 e. The lowest BCUT2D eigenvalue weighted by Crippen LogP contribution is -2.62. The highest BCUT2D eigenvalue weighted by Gasteiger charge is 2.49. The monoisotopic (exact) mass is 380 g/mol. The van der Waals surface area contributed by atoms with Gasteiger partial charge in [0, 0.05) is 24.5 Å². The van der Waals surface area contributed by atoms with Gasteiger partial charge in [-0.15, -0.1) is 0 Å². The summed E-state index contributed by atoms with van der Waals surface area (Å²) in [5.74, 6) is -1.21. The van der Waals surface area contributed by atoms with Crippen molar-refractivity contribution in [1.82, 2.24) is 10.3 Å². The molecule has 2 heterocycles. The van der Waals surface area contributed by atoms with Gasteiger partial charge >= 0.3 is 5.97 Å². The lowest BCUT2D eigenvalue weighted by atomic mass is 9.73. The van der Waals surface area contributed by atoms with Crippen LogP contribution in [-0.4, -0.2) is 34.3 Å². The summed E-state index contributed by atoms with van der Waals surface area (Å²) in [6.07, 6.45) is 0. The van der Waals surface area contributed by atoms with Crippen LogP contribution in [0.2, 0.25) is 0 Å². The fourth-order valence-electron chi connectivity index (χ4n) is 3.92. The predicted octanol–water partition coefficient (Wildman–Crippen LogP) is 3.80. The molecule has 28 heavy (non-hydrogen) atoms. The number of aromatic hydroxyl groups is 1. The van der Waals surface area contributed by atoms with E-state index in [1.807, 2.05) is 13.8 Å². The first-order chi connectivity index (χ1) is 13.3. The number of carboxylic acids is 1. The van der Waals surface area contributed by atoms with E-state index >= 15 is 0 Å². The Morgan fingerprint density at radius 3 is 2.39 bits per heavy atom. The van der Waals surface area contributed by atoms with Crippen molar-refractivity contribution in [3.63, 3.8) is 0 Å². The van der Waals surface area contributed by atoms with E-state index in [-0.39, 0.29) is 17.5 Å². The molecule has 1 saturated heterocycles. The average molecular weight is 380 g/mol. The number of aromatic nitrogens is 1. The van der Waals surface area contributed by atoms with Crippen molar-refractivity contribution >= 4 is 16.9 Å². The van der Waals surface area contributed by atoms with E-state index in [2.05, 4.69) is 5.32 Å². The topological polar surface area (TPSA) is 82.5 Å². The van der Waals surface area contributed by atoms with Crippen molar-refractivity contribution in [2.75, 3.05) is 13.1 Å². The van der Waals surface area contributed by atoms with Crippen LogP contribution in [0.25, 0.3) is 22.0 Å². The summed E-state index contributed by atoms with van der Waals surface area (Å²) in [7, 11) is 0. The third kappa shape index (κ3) is 2.72. The van der Waals surface area contributed by atoms with Crippen LogP contribution in [-0.2, 0) is 10.2 Å². The number of benzene rings is 2. The summed E-state index contributed by atoms with van der Waals surface area (Å²) in [5.41, 5.74) is 2.37. The number of phenolic OH excluding ortho intramolecular Hbond substituents is 1. The van der Waals surface area contributed by atoms with Gasteiger partial charge in [-0.3, -0.25) is 9.78 Å². The zero-order chi connectivity index (χ0) is 20.1. The largest absolute Gasteiger partial charge is 0.508 e. The quantitative estimate of drug-likeness (QED) is 0.641. The van der Waals surface area contributed by atoms with Crippen LogP contribution in [0.5, 0.6) is 5.75 Å². The number of carbonyl (C=O) groups is 1. The second-order valence-electron chi connectivity index (χ2n) is 7.60. The third-order valence-corrected chi connectivity index (χ3v) is 5.43. The molecular weight excluding hydrogens is 359 g/mol. The van der Waals surface area contributed by atoms with E-state index in [1.54, 1.807) is 24.3 Å². The lowest BCUT2D eigenvalue weighted by molar-refractivity contribution is -0.146. The lowest BCUT2D eigenvalue weighted by Gasteiger charge is -2.40. The van der Waals surface area contributed by atoms with Crippen molar-refractivity contribution < 1.29 is 19.4 Å². The molecular formula is C22H21FN2O3. The Kier molecular flexibility index (Phi) is 4.31. The van der Waals surface area contributed by atoms with Gasteiger partial charge in [-0.05, 0) is 46.9 Å². The summed E-state index contributed by atoms with van der Waals surface area (Å²) in [5, 5.41) is 23.8. The van der Waals surface area contributed by atoms with Crippen LogP contribution in [0.1, 0.15) is 31.0 Å². The van der Waals surface area contributed by atoms with Crippen LogP contribution in [0.15, 0.2) is 42.5 Å². The van der Waals surface area contributed by atoms with Crippen molar-refractivity contribution in [2.45, 2.75) is 25.2 Å². The minimum atomic E-state index is -1.12. The summed E-state index contributed by atoms with van der Waals surface area (Å²) in [4.78, 5) is 16.9. The first-order valence-electron chi connectivity index (χ1n) is 9.20. The number of nitrogens with zero attached hydrogens (tertiary/aromatic N) is 1. The van der Waals surface area contributed by atoms with Gasteiger partial charge in [0.25, 0.3) is 0 Å². The van der Waals surface area contributed by atoms with E-state index in [4.69, 9.17) is 4.98 Å². The van der Waals surface area contributed by atoms with Gasteiger partial charge in [0.05, 0.1) is 11.2 Å². The number of carboxylic acid groups (broad SMARTS) is 1. The predicted molar refractivity (Wildman–Crippen MR) is 105 cm³/mol. The van der Waals surface area contributed by atoms with E-state index in [1.165, 1.54) is 18.2 Å². The maximum Gasteiger partial charge on any atom is 0.318 e. The van der Waals surface area contributed by atoms with Crippen molar-refractivity contribution in [3.05, 3.63) is 59.5 Å². The van der Waals surface area contributed by atoms with E-state index in [9.17, 15) is 19.4 Å². The fourth-order valence-corrected chi connectivity index (χ4v) is 3.92. The molecule has 0 aliphatic carbocycles. The molecule has 0 bridgehead atoms. The summed E-state index contributed by atoms with van der Waals surface area (Å²) in [6, 6.07) is 11.1. The summed E-state index contributed by atoms with van der Waals surface area (Å²) in [6.45, 7) is 4.59. The molecule has 0 atom stereocenters. The Hall–Kier alpha value is -2.99. The maximum absolute atomic E-state index is 13.5. The molecule has 1 fully saturated rings. The van der Waals surface area contributed by atoms with Gasteiger partial charge in [-0.2, -0.15) is 0 Å². The second kappa shape index (κ2) is 6.56. The van der Waals surface area contributed by atoms with Gasteiger partial charge in [0.1, 0.15) is 17.0 Å². The number of pyridine rings is 1. The minimum absolute atomic E-state index is 0.00224. The Bertz CT molecular complexity index is 1070. The fraction of sp³-hybridized carbons (Fsp3) is 0.273. The molecule has 0 spiro atoms. The molecule has 5 nitrogen and oxygen atoms in total. The number of fused-ring (bicyclic) bond motifs is 1. The number of hydrogen-bond acceptors (Lipinski definition) is 4. The number of phenols is 1. The molecule has 3 N–H and O–H groups in total. The highest BCUT2D eigenvalue weighted by Crippen LogP contribution is 2.43. The summed E-state index contributed by atoms with van der Waals surface area (Å²) < 4.78 is 13.5. The van der Waals surface area contributed by atoms with Gasteiger partial charge in [-0.1, -0.05) is 26.0 Å². The Morgan fingerprint density at radius 2 is 1.86 bits per heavy atom. The Morgan fingerprint density at radius 1 is 1.18 bits per heavy atom. The van der Waals surface area contributed by atoms with Crippen LogP contribution >= 0.6 is 0 Å². The molecule has 4 rings (SSSR count). The second-order valence-corrected chi connectivity index (χ2v) is 7.60. The van der Waals surface area contributed by atoms with E-state index < -0.39 is 11.4 Å². The number of aliphatic carboxylic acids is 1. The molecule has 3 aromatic rings. The van der Waals surface area contributed by atoms with Crippen LogP contribution in [0.4, 0.5) is 4.39 Å². The molecule has 144 valence electrons. The zero-order valence-corrected chi connectivity index (χ0v) is 15.7. The molecule has 1 aliphatic heterocycles. The number of hydrogen-bond donors (Lipinski definition) is 3. The molecule has 2 aromatic carbocycles. The van der Waals surface area contributed by atoms with Gasteiger partial charge in [0.15, 0.2) is 0 Å². The molecule has 6 heteroatoms. The van der Waals surface area contributed by atoms with Gasteiger partial charge in [-0.25, -0.2) is 4.39 Å². The smallest absolute Gasteiger partial charge is 0.318 e. The van der Waals surface area contributed by atoms with E-state index in [0.29, 0.717) is 24.3 Å². The first-order valence-corrected chi connectivity index (χ1v) is 9.20. The van der Waals surface area contributed by atoms with Gasteiger partial charge < -0.3 is 15.5 Å². The highest BCUT2D eigenvalue weighted by atomic mass is 19.1. The standard InChI is InChI=1S/C22H21FN2O3/c1-12(2)18-19(13-3-5-14(23)6-4-13)16-8-7-15(26)9-17(16)25-20(18)22(21(27)28)10-24-11-22/h3-9,12,24,26H,10-11H2,1-2H3,(H,27,28). The SMILES string of the molecule is CC(C)c1c(C2(C(=O)O)CNC2)nc2cc(O)ccc2c1-c1ccc(F)cc1. The van der Waals surface area contributed by atoms with Crippen LogP contribution in [0.3, 0.4) is 0 Å². The molecule has 0 amide bonds. The molecule has 0 radical (unpaired) electrons. The van der Waals surface area contributed by atoms with Gasteiger partial charge in [0.2, 0.25) is 0 Å². The Balaban J connectivity index is 2.14. The highest BCUT2D eigenvalue weighted by molar-refractivity contribution is 5.99. The molecule has 0 unspecified atom stereocenters. The Labute approximate surface area is 161 Å². The summed E-state index contributed by atoms with van der Waals surface area (Å²) >= 11 is 0. The maximum atomic E-state index is 13.5. The van der Waals surface area contributed by atoms with Crippen molar-refractivity contribution in [2.24, 2.45) is 0 Å². The van der Waals surface area contributed by atoms with Crippen molar-refractivity contribution in [1.29, 1.82) is 0 Å². The number of rotatable bonds is 4. The third-order valence-electron chi connectivity index (χ3n) is 5.43. The van der Waals surface area contributed by atoms with Crippen LogP contribution in [0, 0.1) is 5.82 Å². The van der Waals surface area contributed by atoms with Crippen molar-refractivity contribution in [3.8, 4) is 16.9 Å². The average Bonchev–Trinajstić information content (AvgIpc) is 2.59. The first kappa shape index (κ1) is 18.4.